The van der Waals surface area contributed by atoms with E-state index in [0.29, 0.717) is 57.1 Å². The van der Waals surface area contributed by atoms with Crippen LogP contribution in [0.15, 0.2) is 23.1 Å². The number of hydrogen-bond donors (Lipinski definition) is 3. The Bertz CT molecular complexity index is 1010. The van der Waals surface area contributed by atoms with Gasteiger partial charge in [-0.3, -0.25) is 4.79 Å². The summed E-state index contributed by atoms with van der Waals surface area (Å²) in [7, 11) is -3.69. The van der Waals surface area contributed by atoms with Gasteiger partial charge >= 0.3 is 0 Å². The van der Waals surface area contributed by atoms with E-state index in [1.165, 1.54) is 4.31 Å². The number of carbonyl (C=O) groups is 1. The molecule has 0 spiro atoms. The fourth-order valence-corrected chi connectivity index (χ4v) is 6.11. The van der Waals surface area contributed by atoms with Crippen molar-refractivity contribution >= 4 is 27.3 Å². The Morgan fingerprint density at radius 1 is 1.12 bits per heavy atom. The highest BCUT2D eigenvalue weighted by Gasteiger charge is 2.35. The minimum Gasteiger partial charge on any atom is -0.381 e. The second kappa shape index (κ2) is 10.9. The van der Waals surface area contributed by atoms with Gasteiger partial charge in [0.2, 0.25) is 15.9 Å². The molecule has 2 aliphatic heterocycles. The van der Waals surface area contributed by atoms with E-state index in [9.17, 15) is 18.5 Å². The zero-order chi connectivity index (χ0) is 24.0. The van der Waals surface area contributed by atoms with Crippen molar-refractivity contribution in [2.45, 2.75) is 55.1 Å². The molecule has 1 aliphatic carbocycles. The van der Waals surface area contributed by atoms with E-state index in [1.54, 1.807) is 18.2 Å². The standard InChI is InChI=1S/C23H33N5O5S/c24-17-23(7-1-2-8-23)27-22(29)16-26-21-14-19(34(30,31)28-9-12-32-13-10-28)5-6-20(21)25-15-18-4-3-11-33-18/h5-6,14,18,25-26H,1-4,7-13,15-16H2,(H,27,29)/t18-/m1/s1. The number of amides is 1. The molecule has 34 heavy (non-hydrogen) atoms. The average molecular weight is 492 g/mol. The van der Waals surface area contributed by atoms with Gasteiger partial charge in [-0.15, -0.1) is 0 Å². The smallest absolute Gasteiger partial charge is 0.243 e. The molecule has 3 fully saturated rings. The number of hydrogen-bond acceptors (Lipinski definition) is 8. The molecule has 4 rings (SSSR count). The highest BCUT2D eigenvalue weighted by Crippen LogP contribution is 2.30. The van der Waals surface area contributed by atoms with Gasteiger partial charge in [0.15, 0.2) is 0 Å². The van der Waals surface area contributed by atoms with Gasteiger partial charge in [-0.1, -0.05) is 0 Å². The molecule has 1 saturated carbocycles. The zero-order valence-electron chi connectivity index (χ0n) is 19.3. The molecule has 0 bridgehead atoms. The van der Waals surface area contributed by atoms with E-state index >= 15 is 0 Å². The molecule has 2 saturated heterocycles. The molecule has 3 N–H and O–H groups in total. The Morgan fingerprint density at radius 2 is 1.88 bits per heavy atom. The topological polar surface area (TPSA) is 133 Å². The zero-order valence-corrected chi connectivity index (χ0v) is 20.2. The monoisotopic (exact) mass is 491 g/mol. The van der Waals surface area contributed by atoms with Crippen molar-refractivity contribution in [3.63, 3.8) is 0 Å². The van der Waals surface area contributed by atoms with E-state index in [2.05, 4.69) is 22.0 Å². The molecular weight excluding hydrogens is 458 g/mol. The normalized spacial score (nSPS) is 22.7. The van der Waals surface area contributed by atoms with Crippen LogP contribution in [0, 0.1) is 11.3 Å². The molecule has 186 valence electrons. The van der Waals surface area contributed by atoms with Crippen LogP contribution in [0.4, 0.5) is 11.4 Å². The number of ether oxygens (including phenoxy) is 2. The molecule has 2 heterocycles. The lowest BCUT2D eigenvalue weighted by Crippen LogP contribution is -2.47. The second-order valence-corrected chi connectivity index (χ2v) is 11.0. The lowest BCUT2D eigenvalue weighted by molar-refractivity contribution is -0.120. The number of nitriles is 1. The van der Waals surface area contributed by atoms with Gasteiger partial charge in [-0.2, -0.15) is 9.57 Å². The molecule has 1 amide bonds. The Labute approximate surface area is 201 Å². The maximum absolute atomic E-state index is 13.2. The van der Waals surface area contributed by atoms with Gasteiger partial charge in [-0.05, 0) is 56.7 Å². The molecule has 1 aromatic rings. The first kappa shape index (κ1) is 24.7. The van der Waals surface area contributed by atoms with Crippen molar-refractivity contribution in [3.8, 4) is 6.07 Å². The van der Waals surface area contributed by atoms with Crippen LogP contribution in [0.5, 0.6) is 0 Å². The van der Waals surface area contributed by atoms with E-state index < -0.39 is 15.6 Å². The van der Waals surface area contributed by atoms with Gasteiger partial charge in [-0.25, -0.2) is 8.42 Å². The summed E-state index contributed by atoms with van der Waals surface area (Å²) in [6, 6.07) is 7.11. The van der Waals surface area contributed by atoms with Crippen LogP contribution in [0.2, 0.25) is 0 Å². The second-order valence-electron chi connectivity index (χ2n) is 9.04. The summed E-state index contributed by atoms with van der Waals surface area (Å²) in [6.07, 6.45) is 5.23. The molecule has 11 heteroatoms. The molecule has 10 nitrogen and oxygen atoms in total. The van der Waals surface area contributed by atoms with Crippen LogP contribution in [-0.4, -0.2) is 76.3 Å². The minimum absolute atomic E-state index is 0.0703. The fraction of sp³-hybridized carbons (Fsp3) is 0.652. The number of carbonyl (C=O) groups excluding carboxylic acids is 1. The van der Waals surface area contributed by atoms with Gasteiger partial charge in [0.1, 0.15) is 5.54 Å². The number of morpholine rings is 1. The summed E-state index contributed by atoms with van der Waals surface area (Å²) in [6.45, 7) is 2.62. The van der Waals surface area contributed by atoms with Crippen molar-refractivity contribution in [1.82, 2.24) is 9.62 Å². The van der Waals surface area contributed by atoms with Gasteiger partial charge < -0.3 is 25.4 Å². The minimum atomic E-state index is -3.69. The van der Waals surface area contributed by atoms with Crippen molar-refractivity contribution in [1.29, 1.82) is 5.26 Å². The van der Waals surface area contributed by atoms with Crippen molar-refractivity contribution in [2.24, 2.45) is 0 Å². The average Bonchev–Trinajstić information content (AvgIpc) is 3.55. The van der Waals surface area contributed by atoms with E-state index in [-0.39, 0.29) is 23.5 Å². The lowest BCUT2D eigenvalue weighted by Gasteiger charge is -2.26. The first-order chi connectivity index (χ1) is 16.4. The summed E-state index contributed by atoms with van der Waals surface area (Å²) in [5.74, 6) is -0.296. The van der Waals surface area contributed by atoms with Crippen LogP contribution in [0.1, 0.15) is 38.5 Å². The molecule has 1 atom stereocenters. The molecule has 1 aromatic carbocycles. The number of nitrogens with zero attached hydrogens (tertiary/aromatic N) is 2. The van der Waals surface area contributed by atoms with Crippen LogP contribution in [-0.2, 0) is 24.3 Å². The van der Waals surface area contributed by atoms with Crippen molar-refractivity contribution in [3.05, 3.63) is 18.2 Å². The van der Waals surface area contributed by atoms with Gasteiger partial charge in [0, 0.05) is 26.2 Å². The Kier molecular flexibility index (Phi) is 7.93. The van der Waals surface area contributed by atoms with Gasteiger partial charge in [0.05, 0.1) is 48.2 Å². The molecular formula is C23H33N5O5S. The van der Waals surface area contributed by atoms with Crippen molar-refractivity contribution in [2.75, 3.05) is 56.6 Å². The predicted octanol–water partition coefficient (Wildman–Crippen LogP) is 1.66. The molecule has 0 unspecified atom stereocenters. The third kappa shape index (κ3) is 5.81. The summed E-state index contributed by atoms with van der Waals surface area (Å²) < 4.78 is 38.7. The summed E-state index contributed by atoms with van der Waals surface area (Å²) in [4.78, 5) is 12.8. The molecule has 0 aromatic heterocycles. The molecule has 3 aliphatic rings. The molecule has 0 radical (unpaired) electrons. The van der Waals surface area contributed by atoms with Crippen LogP contribution >= 0.6 is 0 Å². The largest absolute Gasteiger partial charge is 0.381 e. The third-order valence-corrected chi connectivity index (χ3v) is 8.53. The summed E-state index contributed by atoms with van der Waals surface area (Å²) >= 11 is 0. The Hall–Kier alpha value is -2.39. The summed E-state index contributed by atoms with van der Waals surface area (Å²) in [5, 5.41) is 18.8. The van der Waals surface area contributed by atoms with E-state index in [4.69, 9.17) is 9.47 Å². The number of anilines is 2. The predicted molar refractivity (Wildman–Crippen MR) is 127 cm³/mol. The SMILES string of the molecule is N#CC1(NC(=O)CNc2cc(S(=O)(=O)N3CCOCC3)ccc2NC[C@H]2CCCO2)CCCC1. The van der Waals surface area contributed by atoms with E-state index in [1.807, 2.05) is 0 Å². The quantitative estimate of drug-likeness (QED) is 0.475. The fourth-order valence-electron chi connectivity index (χ4n) is 4.68. The first-order valence-corrected chi connectivity index (χ1v) is 13.4. The van der Waals surface area contributed by atoms with Crippen LogP contribution in [0.3, 0.4) is 0 Å². The van der Waals surface area contributed by atoms with Crippen LogP contribution in [0.25, 0.3) is 0 Å². The van der Waals surface area contributed by atoms with Gasteiger partial charge in [0.25, 0.3) is 0 Å². The summed E-state index contributed by atoms with van der Waals surface area (Å²) in [5.41, 5.74) is 0.404. The third-order valence-electron chi connectivity index (χ3n) is 6.63. The number of benzene rings is 1. The Morgan fingerprint density at radius 3 is 2.56 bits per heavy atom. The van der Waals surface area contributed by atoms with Crippen molar-refractivity contribution < 1.29 is 22.7 Å². The highest BCUT2D eigenvalue weighted by atomic mass is 32.2. The maximum atomic E-state index is 13.2. The number of sulfonamides is 1. The number of rotatable bonds is 9. The maximum Gasteiger partial charge on any atom is 0.243 e. The lowest BCUT2D eigenvalue weighted by atomic mass is 10.00. The highest BCUT2D eigenvalue weighted by molar-refractivity contribution is 7.89. The first-order valence-electron chi connectivity index (χ1n) is 12.0. The Balaban J connectivity index is 1.49. The van der Waals surface area contributed by atoms with E-state index in [0.717, 1.165) is 32.3 Å². The van der Waals surface area contributed by atoms with Crippen LogP contribution < -0.4 is 16.0 Å². The number of nitrogens with one attached hydrogen (secondary N) is 3.